The molecule has 1 heterocycles. The van der Waals surface area contributed by atoms with Gasteiger partial charge in [-0.15, -0.1) is 0 Å². The van der Waals surface area contributed by atoms with E-state index in [2.05, 4.69) is 5.10 Å². The van der Waals surface area contributed by atoms with Crippen molar-refractivity contribution >= 4 is 5.78 Å². The molecule has 0 saturated heterocycles. The number of carbonyl (C=O) groups is 1. The lowest BCUT2D eigenvalue weighted by atomic mass is 10.1. The summed E-state index contributed by atoms with van der Waals surface area (Å²) in [4.78, 5) is 11.8. The Morgan fingerprint density at radius 3 is 2.88 bits per heavy atom. The fraction of sp³-hybridized carbons (Fsp3) is 0.667. The second-order valence-corrected chi connectivity index (χ2v) is 4.67. The van der Waals surface area contributed by atoms with Crippen LogP contribution in [0.15, 0.2) is 6.07 Å². The zero-order valence-electron chi connectivity index (χ0n) is 10.1. The maximum Gasteiger partial charge on any atom is 0.183 e. The van der Waals surface area contributed by atoms with Crippen LogP contribution in [0.1, 0.15) is 42.9 Å². The van der Waals surface area contributed by atoms with Gasteiger partial charge >= 0.3 is 0 Å². The van der Waals surface area contributed by atoms with Gasteiger partial charge in [-0.2, -0.15) is 5.10 Å². The number of aryl methyl sites for hydroxylation is 1. The van der Waals surface area contributed by atoms with Crippen molar-refractivity contribution < 1.29 is 9.53 Å². The second kappa shape index (κ2) is 4.37. The molecule has 0 N–H and O–H groups in total. The van der Waals surface area contributed by atoms with Crippen molar-refractivity contribution in [3.8, 4) is 0 Å². The van der Waals surface area contributed by atoms with E-state index in [1.165, 1.54) is 0 Å². The van der Waals surface area contributed by atoms with Crippen LogP contribution in [0, 0.1) is 5.92 Å². The summed E-state index contributed by atoms with van der Waals surface area (Å²) in [6.45, 7) is 4.31. The summed E-state index contributed by atoms with van der Waals surface area (Å²) < 4.78 is 7.21. The average Bonchev–Trinajstić information content (AvgIpc) is 2.98. The first kappa shape index (κ1) is 11.3. The Balaban J connectivity index is 2.04. The molecule has 0 spiro atoms. The number of aromatic nitrogens is 2. The van der Waals surface area contributed by atoms with Crippen LogP contribution >= 0.6 is 0 Å². The van der Waals surface area contributed by atoms with Crippen molar-refractivity contribution in [2.75, 3.05) is 0 Å². The van der Waals surface area contributed by atoms with Gasteiger partial charge < -0.3 is 4.74 Å². The number of ether oxygens (including phenoxy) is 1. The van der Waals surface area contributed by atoms with Crippen LogP contribution in [0.25, 0.3) is 0 Å². The first-order chi connectivity index (χ1) is 7.58. The third kappa shape index (κ3) is 2.50. The Hall–Kier alpha value is -1.16. The van der Waals surface area contributed by atoms with E-state index in [0.717, 1.165) is 18.5 Å². The van der Waals surface area contributed by atoms with Gasteiger partial charge in [0.25, 0.3) is 0 Å². The Kier molecular flexibility index (Phi) is 3.10. The van der Waals surface area contributed by atoms with Crippen molar-refractivity contribution in [1.82, 2.24) is 9.78 Å². The largest absolute Gasteiger partial charge is 0.372 e. The van der Waals surface area contributed by atoms with Gasteiger partial charge in [0.1, 0.15) is 5.69 Å². The molecule has 1 saturated carbocycles. The van der Waals surface area contributed by atoms with Crippen LogP contribution in [0.3, 0.4) is 0 Å². The topological polar surface area (TPSA) is 44.1 Å². The minimum atomic E-state index is 0.00704. The predicted octanol–water partition coefficient (Wildman–Crippen LogP) is 1.94. The first-order valence-electron chi connectivity index (χ1n) is 5.76. The third-order valence-electron chi connectivity index (χ3n) is 2.70. The highest BCUT2D eigenvalue weighted by Crippen LogP contribution is 2.24. The number of carbonyl (C=O) groups excluding carboxylic acids is 1. The zero-order valence-corrected chi connectivity index (χ0v) is 10.1. The average molecular weight is 222 g/mol. The van der Waals surface area contributed by atoms with Crippen LogP contribution in [-0.4, -0.2) is 21.7 Å². The highest BCUT2D eigenvalue weighted by molar-refractivity contribution is 5.95. The monoisotopic (exact) mass is 222 g/mol. The SMILES string of the molecule is CC(C)C(=O)c1cc(COC2CC2)nn1C. The second-order valence-electron chi connectivity index (χ2n) is 4.67. The van der Waals surface area contributed by atoms with Crippen molar-refractivity contribution in [3.05, 3.63) is 17.5 Å². The smallest absolute Gasteiger partial charge is 0.183 e. The number of ketones is 1. The van der Waals surface area contributed by atoms with Gasteiger partial charge in [0.2, 0.25) is 0 Å². The molecule has 1 aliphatic rings. The lowest BCUT2D eigenvalue weighted by Crippen LogP contribution is -2.12. The van der Waals surface area contributed by atoms with Crippen molar-refractivity contribution in [2.45, 2.75) is 39.4 Å². The highest BCUT2D eigenvalue weighted by Gasteiger charge is 2.23. The van der Waals surface area contributed by atoms with Gasteiger partial charge in [0.05, 0.1) is 18.4 Å². The molecule has 0 amide bonds. The Bertz CT molecular complexity index is 392. The molecule has 0 aromatic carbocycles. The molecule has 0 bridgehead atoms. The number of Topliss-reactive ketones (excluding diaryl/α,β-unsaturated/α-hetero) is 1. The Labute approximate surface area is 95.6 Å². The van der Waals surface area contributed by atoms with Gasteiger partial charge in [-0.3, -0.25) is 9.48 Å². The molecule has 0 aliphatic heterocycles. The van der Waals surface area contributed by atoms with Crippen LogP contribution in [0.2, 0.25) is 0 Å². The highest BCUT2D eigenvalue weighted by atomic mass is 16.5. The van der Waals surface area contributed by atoms with E-state index in [4.69, 9.17) is 4.74 Å². The predicted molar refractivity (Wildman–Crippen MR) is 60.2 cm³/mol. The quantitative estimate of drug-likeness (QED) is 0.715. The van der Waals surface area contributed by atoms with Gasteiger partial charge in [-0.1, -0.05) is 13.8 Å². The number of nitrogens with zero attached hydrogens (tertiary/aromatic N) is 2. The van der Waals surface area contributed by atoms with Crippen LogP contribution < -0.4 is 0 Å². The molecular formula is C12H18N2O2. The van der Waals surface area contributed by atoms with Gasteiger partial charge in [0, 0.05) is 13.0 Å². The molecule has 16 heavy (non-hydrogen) atoms. The molecule has 1 aliphatic carbocycles. The molecule has 0 unspecified atom stereocenters. The minimum absolute atomic E-state index is 0.00704. The summed E-state index contributed by atoms with van der Waals surface area (Å²) in [5.41, 5.74) is 1.52. The fourth-order valence-electron chi connectivity index (χ4n) is 1.56. The van der Waals surface area contributed by atoms with E-state index in [0.29, 0.717) is 18.4 Å². The number of rotatable bonds is 5. The summed E-state index contributed by atoms with van der Waals surface area (Å²) in [5, 5.41) is 4.28. The fourth-order valence-corrected chi connectivity index (χ4v) is 1.56. The van der Waals surface area contributed by atoms with E-state index >= 15 is 0 Å². The number of hydrogen-bond acceptors (Lipinski definition) is 3. The molecule has 0 atom stereocenters. The van der Waals surface area contributed by atoms with E-state index in [-0.39, 0.29) is 11.7 Å². The van der Waals surface area contributed by atoms with E-state index in [9.17, 15) is 4.79 Å². The van der Waals surface area contributed by atoms with E-state index in [1.54, 1.807) is 11.7 Å². The van der Waals surface area contributed by atoms with Crippen molar-refractivity contribution in [1.29, 1.82) is 0 Å². The van der Waals surface area contributed by atoms with Gasteiger partial charge in [0.15, 0.2) is 5.78 Å². The van der Waals surface area contributed by atoms with Crippen LogP contribution in [0.4, 0.5) is 0 Å². The summed E-state index contributed by atoms with van der Waals surface area (Å²) in [6.07, 6.45) is 2.74. The molecule has 4 heteroatoms. The van der Waals surface area contributed by atoms with Crippen LogP contribution in [-0.2, 0) is 18.4 Å². The maximum absolute atomic E-state index is 11.8. The minimum Gasteiger partial charge on any atom is -0.372 e. The molecular weight excluding hydrogens is 204 g/mol. The normalized spacial score (nSPS) is 15.8. The lowest BCUT2D eigenvalue weighted by molar-refractivity contribution is 0.0930. The van der Waals surface area contributed by atoms with Crippen LogP contribution in [0.5, 0.6) is 0 Å². The van der Waals surface area contributed by atoms with Gasteiger partial charge in [-0.25, -0.2) is 0 Å². The Morgan fingerprint density at radius 2 is 2.31 bits per heavy atom. The molecule has 1 aromatic rings. The summed E-state index contributed by atoms with van der Waals surface area (Å²) in [5.74, 6) is 0.139. The maximum atomic E-state index is 11.8. The van der Waals surface area contributed by atoms with Crippen molar-refractivity contribution in [2.24, 2.45) is 13.0 Å². The summed E-state index contributed by atoms with van der Waals surface area (Å²) in [7, 11) is 1.80. The Morgan fingerprint density at radius 1 is 1.62 bits per heavy atom. The molecule has 0 radical (unpaired) electrons. The van der Waals surface area contributed by atoms with Gasteiger partial charge in [-0.05, 0) is 18.9 Å². The third-order valence-corrected chi connectivity index (χ3v) is 2.70. The molecule has 88 valence electrons. The van der Waals surface area contributed by atoms with Crippen molar-refractivity contribution in [3.63, 3.8) is 0 Å². The summed E-state index contributed by atoms with van der Waals surface area (Å²) in [6, 6.07) is 1.84. The first-order valence-corrected chi connectivity index (χ1v) is 5.76. The lowest BCUT2D eigenvalue weighted by Gasteiger charge is -2.02. The standard InChI is InChI=1S/C12H18N2O2/c1-8(2)12(15)11-6-9(13-14(11)3)7-16-10-4-5-10/h6,8,10H,4-5,7H2,1-3H3. The molecule has 2 rings (SSSR count). The summed E-state index contributed by atoms with van der Waals surface area (Å²) >= 11 is 0. The zero-order chi connectivity index (χ0) is 11.7. The molecule has 4 nitrogen and oxygen atoms in total. The molecule has 1 aromatic heterocycles. The molecule has 1 fully saturated rings. The van der Waals surface area contributed by atoms with E-state index < -0.39 is 0 Å². The van der Waals surface area contributed by atoms with E-state index in [1.807, 2.05) is 19.9 Å². The number of hydrogen-bond donors (Lipinski definition) is 0.